The van der Waals surface area contributed by atoms with Crippen LogP contribution in [0.2, 0.25) is 0 Å². The number of nitrogens with one attached hydrogen (secondary N) is 1. The van der Waals surface area contributed by atoms with Crippen molar-refractivity contribution in [3.8, 4) is 0 Å². The monoisotopic (exact) mass is 272 g/mol. The lowest BCUT2D eigenvalue weighted by Crippen LogP contribution is -2.50. The van der Waals surface area contributed by atoms with E-state index in [4.69, 9.17) is 5.11 Å². The Morgan fingerprint density at radius 1 is 1.37 bits per heavy atom. The Hall–Kier alpha value is -1.30. The lowest BCUT2D eigenvalue weighted by molar-refractivity contribution is -0.147. The zero-order valence-electron chi connectivity index (χ0n) is 11.7. The summed E-state index contributed by atoms with van der Waals surface area (Å²) in [5.41, 5.74) is -0.842. The fourth-order valence-corrected chi connectivity index (χ4v) is 2.15. The first-order valence-electron chi connectivity index (χ1n) is 6.77. The molecule has 1 aliphatic heterocycles. The van der Waals surface area contributed by atoms with Gasteiger partial charge in [0.05, 0.1) is 18.1 Å². The molecule has 3 N–H and O–H groups in total. The number of nitrogens with zero attached hydrogens (tertiary/aromatic N) is 1. The van der Waals surface area contributed by atoms with Crippen LogP contribution in [-0.4, -0.2) is 52.9 Å². The number of carbonyl (C=O) groups is 2. The van der Waals surface area contributed by atoms with Crippen LogP contribution in [0.1, 0.15) is 39.5 Å². The molecule has 0 aliphatic carbocycles. The van der Waals surface area contributed by atoms with Crippen molar-refractivity contribution in [2.45, 2.75) is 45.6 Å². The van der Waals surface area contributed by atoms with Gasteiger partial charge in [0.2, 0.25) is 0 Å². The zero-order valence-corrected chi connectivity index (χ0v) is 11.7. The highest BCUT2D eigenvalue weighted by molar-refractivity contribution is 5.75. The van der Waals surface area contributed by atoms with E-state index in [2.05, 4.69) is 5.32 Å². The average molecular weight is 272 g/mol. The maximum atomic E-state index is 12.0. The second-order valence-electron chi connectivity index (χ2n) is 5.70. The summed E-state index contributed by atoms with van der Waals surface area (Å²) in [6, 6.07) is -0.318. The van der Waals surface area contributed by atoms with Crippen LogP contribution in [-0.2, 0) is 4.79 Å². The largest absolute Gasteiger partial charge is 0.481 e. The van der Waals surface area contributed by atoms with E-state index in [0.717, 1.165) is 19.3 Å². The van der Waals surface area contributed by atoms with Gasteiger partial charge in [-0.3, -0.25) is 4.79 Å². The predicted molar refractivity (Wildman–Crippen MR) is 70.9 cm³/mol. The minimum Gasteiger partial charge on any atom is -0.481 e. The van der Waals surface area contributed by atoms with Crippen molar-refractivity contribution in [3.63, 3.8) is 0 Å². The second-order valence-corrected chi connectivity index (χ2v) is 5.70. The number of urea groups is 1. The minimum atomic E-state index is -0.868. The fourth-order valence-electron chi connectivity index (χ4n) is 2.15. The normalized spacial score (nSPS) is 20.2. The van der Waals surface area contributed by atoms with Gasteiger partial charge in [0.25, 0.3) is 0 Å². The number of aliphatic carboxylic acids is 1. The summed E-state index contributed by atoms with van der Waals surface area (Å²) in [6.45, 7) is 4.23. The van der Waals surface area contributed by atoms with E-state index >= 15 is 0 Å². The van der Waals surface area contributed by atoms with Crippen molar-refractivity contribution in [1.82, 2.24) is 10.2 Å². The Kier molecular flexibility index (Phi) is 5.60. The molecule has 0 spiro atoms. The van der Waals surface area contributed by atoms with Gasteiger partial charge in [0.15, 0.2) is 0 Å². The molecule has 1 fully saturated rings. The molecule has 19 heavy (non-hydrogen) atoms. The molecule has 6 heteroatoms. The smallest absolute Gasteiger partial charge is 0.317 e. The Labute approximate surface area is 113 Å². The van der Waals surface area contributed by atoms with Crippen LogP contribution >= 0.6 is 0 Å². The van der Waals surface area contributed by atoms with Crippen LogP contribution in [0, 0.1) is 5.41 Å². The summed E-state index contributed by atoms with van der Waals surface area (Å²) in [5, 5.41) is 21.0. The van der Waals surface area contributed by atoms with E-state index in [0.29, 0.717) is 19.5 Å². The Bertz CT molecular complexity index is 331. The van der Waals surface area contributed by atoms with Gasteiger partial charge in [-0.25, -0.2) is 4.79 Å². The highest BCUT2D eigenvalue weighted by Crippen LogP contribution is 2.20. The van der Waals surface area contributed by atoms with E-state index in [9.17, 15) is 14.7 Å². The van der Waals surface area contributed by atoms with E-state index in [1.165, 1.54) is 0 Å². The number of amides is 2. The van der Waals surface area contributed by atoms with Crippen molar-refractivity contribution in [1.29, 1.82) is 0 Å². The van der Waals surface area contributed by atoms with E-state index in [1.54, 1.807) is 18.7 Å². The first kappa shape index (κ1) is 15.8. The molecule has 0 saturated carbocycles. The Morgan fingerprint density at radius 2 is 2.05 bits per heavy atom. The molecule has 0 aromatic heterocycles. The molecule has 0 radical (unpaired) electrons. The number of likely N-dealkylation sites (tertiary alicyclic amines) is 1. The topological polar surface area (TPSA) is 89.9 Å². The third kappa shape index (κ3) is 4.38. The third-order valence-electron chi connectivity index (χ3n) is 3.70. The number of rotatable bonds is 5. The molecule has 1 rings (SSSR count). The maximum absolute atomic E-state index is 12.0. The lowest BCUT2D eigenvalue weighted by Gasteiger charge is -2.34. The first-order chi connectivity index (χ1) is 8.88. The Balaban J connectivity index is 2.40. The average Bonchev–Trinajstić information content (AvgIpc) is 2.38. The zero-order chi connectivity index (χ0) is 14.5. The van der Waals surface area contributed by atoms with Gasteiger partial charge in [0, 0.05) is 13.1 Å². The van der Waals surface area contributed by atoms with Crippen LogP contribution in [0.25, 0.3) is 0 Å². The maximum Gasteiger partial charge on any atom is 0.317 e. The van der Waals surface area contributed by atoms with Gasteiger partial charge in [0.1, 0.15) is 0 Å². The van der Waals surface area contributed by atoms with Crippen molar-refractivity contribution in [2.75, 3.05) is 19.7 Å². The van der Waals surface area contributed by atoms with Gasteiger partial charge < -0.3 is 20.4 Å². The van der Waals surface area contributed by atoms with Crippen LogP contribution in [0.3, 0.4) is 0 Å². The van der Waals surface area contributed by atoms with E-state index in [-0.39, 0.29) is 18.7 Å². The van der Waals surface area contributed by atoms with Gasteiger partial charge in [-0.2, -0.15) is 0 Å². The number of hydrogen-bond donors (Lipinski definition) is 3. The molecule has 1 heterocycles. The molecule has 2 amide bonds. The predicted octanol–water partition coefficient (Wildman–Crippen LogP) is 1.04. The van der Waals surface area contributed by atoms with Gasteiger partial charge in [-0.05, 0) is 39.5 Å². The van der Waals surface area contributed by atoms with Crippen LogP contribution in [0.5, 0.6) is 0 Å². The van der Waals surface area contributed by atoms with Crippen molar-refractivity contribution < 1.29 is 19.8 Å². The summed E-state index contributed by atoms with van der Waals surface area (Å²) in [6.07, 6.45) is 3.18. The number of aliphatic hydroxyl groups is 1. The Morgan fingerprint density at radius 3 is 2.63 bits per heavy atom. The summed E-state index contributed by atoms with van der Waals surface area (Å²) >= 11 is 0. The summed E-state index contributed by atoms with van der Waals surface area (Å²) in [5.74, 6) is -0.868. The standard InChI is InChI=1S/C13H24N2O4/c1-13(2,11(17)18)6-7-14-12(19)15-8-4-3-5-10(15)9-16/h10,16H,3-9H2,1-2H3,(H,14,19)(H,17,18). The molecule has 0 aromatic carbocycles. The minimum absolute atomic E-state index is 0.0198. The molecule has 1 atom stereocenters. The molecule has 110 valence electrons. The van der Waals surface area contributed by atoms with Gasteiger partial charge >= 0.3 is 12.0 Å². The first-order valence-corrected chi connectivity index (χ1v) is 6.77. The summed E-state index contributed by atoms with van der Waals surface area (Å²) in [4.78, 5) is 24.6. The number of carboxylic acid groups (broad SMARTS) is 1. The number of carbonyl (C=O) groups excluding carboxylic acids is 1. The van der Waals surface area contributed by atoms with Crippen molar-refractivity contribution in [2.24, 2.45) is 5.41 Å². The summed E-state index contributed by atoms with van der Waals surface area (Å²) in [7, 11) is 0. The highest BCUT2D eigenvalue weighted by atomic mass is 16.4. The number of hydrogen-bond acceptors (Lipinski definition) is 3. The molecular formula is C13H24N2O4. The van der Waals surface area contributed by atoms with Crippen molar-refractivity contribution in [3.05, 3.63) is 0 Å². The molecule has 6 nitrogen and oxygen atoms in total. The number of carboxylic acids is 1. The lowest BCUT2D eigenvalue weighted by atomic mass is 9.90. The van der Waals surface area contributed by atoms with E-state index in [1.807, 2.05) is 0 Å². The number of aliphatic hydroxyl groups excluding tert-OH is 1. The van der Waals surface area contributed by atoms with Gasteiger partial charge in [-0.15, -0.1) is 0 Å². The third-order valence-corrected chi connectivity index (χ3v) is 3.70. The highest BCUT2D eigenvalue weighted by Gasteiger charge is 2.28. The summed E-state index contributed by atoms with van der Waals surface area (Å²) < 4.78 is 0. The fraction of sp³-hybridized carbons (Fsp3) is 0.846. The van der Waals surface area contributed by atoms with Crippen molar-refractivity contribution >= 4 is 12.0 Å². The molecule has 0 bridgehead atoms. The molecule has 1 saturated heterocycles. The molecule has 1 unspecified atom stereocenters. The SMILES string of the molecule is CC(C)(CCNC(=O)N1CCCCC1CO)C(=O)O. The van der Waals surface area contributed by atoms with Crippen LogP contribution in [0.15, 0.2) is 0 Å². The number of piperidine rings is 1. The molecule has 1 aliphatic rings. The van der Waals surface area contributed by atoms with Crippen LogP contribution in [0.4, 0.5) is 4.79 Å². The molecule has 0 aromatic rings. The quantitative estimate of drug-likeness (QED) is 0.697. The van der Waals surface area contributed by atoms with Crippen LogP contribution < -0.4 is 5.32 Å². The molecular weight excluding hydrogens is 248 g/mol. The van der Waals surface area contributed by atoms with Gasteiger partial charge in [-0.1, -0.05) is 0 Å². The van der Waals surface area contributed by atoms with E-state index < -0.39 is 11.4 Å². The second kappa shape index (κ2) is 6.75.